The molecule has 0 bridgehead atoms. The van der Waals surface area contributed by atoms with E-state index < -0.39 is 29.9 Å². The predicted octanol–water partition coefficient (Wildman–Crippen LogP) is 8.43. The second kappa shape index (κ2) is 22.2. The van der Waals surface area contributed by atoms with Gasteiger partial charge in [0.15, 0.2) is 0 Å². The van der Waals surface area contributed by atoms with Crippen molar-refractivity contribution in [3.8, 4) is 17.2 Å². The van der Waals surface area contributed by atoms with Gasteiger partial charge in [-0.25, -0.2) is 19.6 Å². The lowest BCUT2D eigenvalue weighted by Gasteiger charge is -2.35. The van der Waals surface area contributed by atoms with Gasteiger partial charge in [0.2, 0.25) is 11.8 Å². The Labute approximate surface area is 415 Å². The molecule has 6 amide bonds. The van der Waals surface area contributed by atoms with E-state index in [2.05, 4.69) is 26.7 Å². The van der Waals surface area contributed by atoms with Crippen LogP contribution < -0.4 is 35.5 Å². The molecule has 20 heteroatoms. The number of methoxy groups -OCH3 is 2. The van der Waals surface area contributed by atoms with Crippen LogP contribution in [0.25, 0.3) is 16.5 Å². The van der Waals surface area contributed by atoms with Crippen molar-refractivity contribution in [3.05, 3.63) is 82.7 Å². The number of nitrogens with zero attached hydrogens (tertiary/aromatic N) is 5. The van der Waals surface area contributed by atoms with Crippen LogP contribution in [0.5, 0.6) is 17.2 Å². The number of hydrogen-bond acceptors (Lipinski definition) is 12. The van der Waals surface area contributed by atoms with Crippen LogP contribution in [0, 0.1) is 24.7 Å². The maximum Gasteiger partial charge on any atom is 0.416 e. The third kappa shape index (κ3) is 12.0. The summed E-state index contributed by atoms with van der Waals surface area (Å²) in [4.78, 5) is 77.5. The van der Waals surface area contributed by atoms with E-state index in [1.165, 1.54) is 18.1 Å². The van der Waals surface area contributed by atoms with Crippen molar-refractivity contribution in [2.45, 2.75) is 83.9 Å². The molecule has 4 heterocycles. The quantitative estimate of drug-likeness (QED) is 0.0960. The first-order valence-electron chi connectivity index (χ1n) is 24.4. The number of aryl methyl sites for hydroxylation is 1. The molecule has 3 aromatic carbocycles. The van der Waals surface area contributed by atoms with Gasteiger partial charge in [0, 0.05) is 80.9 Å². The van der Waals surface area contributed by atoms with Crippen LogP contribution in [-0.4, -0.2) is 110 Å². The molecule has 0 saturated carbocycles. The maximum atomic E-state index is 13.8. The van der Waals surface area contributed by atoms with Crippen molar-refractivity contribution in [1.82, 2.24) is 25.1 Å². The van der Waals surface area contributed by atoms with E-state index >= 15 is 0 Å². The van der Waals surface area contributed by atoms with Crippen molar-refractivity contribution >= 4 is 57.8 Å². The number of carbonyl (C=O) groups is 5. The number of fused-ring (bicyclic) bond motifs is 1. The summed E-state index contributed by atoms with van der Waals surface area (Å²) < 4.78 is 63.8. The summed E-state index contributed by atoms with van der Waals surface area (Å²) >= 11 is 0. The van der Waals surface area contributed by atoms with E-state index in [1.54, 1.807) is 39.2 Å². The van der Waals surface area contributed by atoms with Crippen molar-refractivity contribution in [2.75, 3.05) is 70.4 Å². The number of rotatable bonds is 15. The van der Waals surface area contributed by atoms with E-state index in [9.17, 15) is 37.1 Å². The topological polar surface area (TPSA) is 208 Å². The van der Waals surface area contributed by atoms with Crippen LogP contribution in [0.1, 0.15) is 104 Å². The molecule has 72 heavy (non-hydrogen) atoms. The number of aromatic nitrogens is 2. The molecule has 17 nitrogen and oxygen atoms in total. The van der Waals surface area contributed by atoms with Crippen molar-refractivity contribution < 1.29 is 56.1 Å². The number of nitrogens with one attached hydrogen (secondary N) is 2. The Morgan fingerprint density at radius 1 is 0.875 bits per heavy atom. The standard InChI is InChI=1S/C52H61F3N8O9/c1-30(37-23-38(52(53,54)55)26-39(24-37)72-50(56)67)57-47-41-27-40(45(70-4)28-42(41)58-31(2)59-47)34-5-7-35(8-6-34)48(65)61-17-11-32(12-18-61)16-22-71-29-33-13-19-62(20-14-33)49(66)36-9-10-44(69-3)43(25-36)63-21-15-46(64)60-51(63)68/h5,9-10,23-28,30,32-33,35H,6-8,11-22,29H2,1-4H3,(H2,56,67)(H,57,58,59)(H,60,64,68). The lowest BCUT2D eigenvalue weighted by atomic mass is 9.84. The first-order chi connectivity index (χ1) is 34.5. The predicted molar refractivity (Wildman–Crippen MR) is 262 cm³/mol. The fourth-order valence-electron chi connectivity index (χ4n) is 10.1. The molecule has 3 saturated heterocycles. The third-order valence-corrected chi connectivity index (χ3v) is 14.2. The summed E-state index contributed by atoms with van der Waals surface area (Å²) in [5.41, 5.74) is 7.60. The number of hydrogen-bond donors (Lipinski definition) is 3. The van der Waals surface area contributed by atoms with Gasteiger partial charge in [-0.2, -0.15) is 13.2 Å². The molecule has 1 aliphatic carbocycles. The van der Waals surface area contributed by atoms with Crippen LogP contribution in [0.15, 0.2) is 54.6 Å². The highest BCUT2D eigenvalue weighted by Gasteiger charge is 2.34. The minimum Gasteiger partial charge on any atom is -0.496 e. The van der Waals surface area contributed by atoms with E-state index in [4.69, 9.17) is 24.7 Å². The monoisotopic (exact) mass is 998 g/mol. The summed E-state index contributed by atoms with van der Waals surface area (Å²) in [6.45, 7) is 7.46. The number of piperidine rings is 2. The largest absolute Gasteiger partial charge is 0.496 e. The summed E-state index contributed by atoms with van der Waals surface area (Å²) in [5.74, 6) is 1.89. The summed E-state index contributed by atoms with van der Waals surface area (Å²) in [5, 5.41) is 6.19. The fourth-order valence-corrected chi connectivity index (χ4v) is 10.1. The summed E-state index contributed by atoms with van der Waals surface area (Å²) in [6.07, 6.45) is 2.57. The smallest absolute Gasteiger partial charge is 0.416 e. The molecule has 3 fully saturated rings. The number of carbonyl (C=O) groups excluding carboxylic acids is 5. The highest BCUT2D eigenvalue weighted by Crippen LogP contribution is 2.41. The molecule has 384 valence electrons. The molecular formula is C52H61F3N8O9. The van der Waals surface area contributed by atoms with Gasteiger partial charge in [-0.05, 0) is 131 Å². The number of alkyl halides is 3. The minimum atomic E-state index is -4.70. The molecule has 4 N–H and O–H groups in total. The van der Waals surface area contributed by atoms with Gasteiger partial charge in [0.05, 0.1) is 37.0 Å². The van der Waals surface area contributed by atoms with Crippen LogP contribution in [0.3, 0.4) is 0 Å². The Bertz CT molecular complexity index is 2740. The van der Waals surface area contributed by atoms with Crippen LogP contribution in [0.2, 0.25) is 0 Å². The second-order valence-corrected chi connectivity index (χ2v) is 19.0. The number of urea groups is 1. The minimum absolute atomic E-state index is 0.119. The van der Waals surface area contributed by atoms with E-state index in [-0.39, 0.29) is 47.9 Å². The first kappa shape index (κ1) is 51.4. The molecule has 3 aliphatic heterocycles. The van der Waals surface area contributed by atoms with Gasteiger partial charge in [0.1, 0.15) is 28.9 Å². The lowest BCUT2D eigenvalue weighted by Crippen LogP contribution is -2.49. The number of halogens is 3. The number of ether oxygens (including phenoxy) is 4. The number of imide groups is 1. The number of primary amides is 1. The molecule has 0 spiro atoms. The van der Waals surface area contributed by atoms with Crippen LogP contribution in [-0.2, 0) is 20.5 Å². The van der Waals surface area contributed by atoms with E-state index in [1.807, 2.05) is 21.9 Å². The average Bonchev–Trinajstić information content (AvgIpc) is 3.36. The Balaban J connectivity index is 0.798. The second-order valence-electron chi connectivity index (χ2n) is 19.0. The molecule has 2 unspecified atom stereocenters. The zero-order valence-electron chi connectivity index (χ0n) is 40.9. The molecule has 4 aromatic rings. The fraction of sp³-hybridized carbons (Fsp3) is 0.481. The lowest BCUT2D eigenvalue weighted by molar-refractivity contribution is -0.138. The van der Waals surface area contributed by atoms with Crippen molar-refractivity contribution in [1.29, 1.82) is 0 Å². The zero-order chi connectivity index (χ0) is 51.3. The van der Waals surface area contributed by atoms with Gasteiger partial charge < -0.3 is 39.8 Å². The SMILES string of the molecule is COc1cc2nc(C)nc(NC(C)c3cc(OC(N)=O)cc(C(F)(F)F)c3)c2cc1C1=CCC(C(=O)N2CCC(CCOCC3CCN(C(=O)c4ccc(OC)c(N5CCC(=O)NC5=O)c4)CC3)CC2)CC1. The highest BCUT2D eigenvalue weighted by atomic mass is 19.4. The van der Waals surface area contributed by atoms with E-state index in [0.717, 1.165) is 55.4 Å². The Kier molecular flexibility index (Phi) is 15.9. The number of likely N-dealkylation sites (tertiary alicyclic amines) is 2. The van der Waals surface area contributed by atoms with Crippen LogP contribution in [0.4, 0.5) is 34.3 Å². The van der Waals surface area contributed by atoms with Gasteiger partial charge in [0.25, 0.3) is 5.91 Å². The van der Waals surface area contributed by atoms with Crippen molar-refractivity contribution in [2.24, 2.45) is 23.5 Å². The van der Waals surface area contributed by atoms with Gasteiger partial charge in [-0.15, -0.1) is 0 Å². The molecule has 1 aromatic heterocycles. The maximum absolute atomic E-state index is 13.8. The molecule has 8 rings (SSSR count). The van der Waals surface area contributed by atoms with E-state index in [0.29, 0.717) is 116 Å². The van der Waals surface area contributed by atoms with Gasteiger partial charge in [-0.3, -0.25) is 24.6 Å². The number of allylic oxidation sites excluding steroid dienone is 2. The first-order valence-corrected chi connectivity index (χ1v) is 24.4. The summed E-state index contributed by atoms with van der Waals surface area (Å²) in [6, 6.07) is 10.5. The van der Waals surface area contributed by atoms with Gasteiger partial charge >= 0.3 is 18.3 Å². The Morgan fingerprint density at radius 3 is 2.26 bits per heavy atom. The molecule has 4 aliphatic rings. The van der Waals surface area contributed by atoms with Gasteiger partial charge in [-0.1, -0.05) is 6.08 Å². The number of benzene rings is 3. The molecule has 2 atom stereocenters. The normalized spacial score (nSPS) is 18.6. The van der Waals surface area contributed by atoms with Crippen LogP contribution >= 0.6 is 0 Å². The average molecular weight is 999 g/mol. The number of anilines is 2. The molecule has 0 radical (unpaired) electrons. The van der Waals surface area contributed by atoms with Crippen molar-refractivity contribution in [3.63, 3.8) is 0 Å². The Morgan fingerprint density at radius 2 is 1.60 bits per heavy atom. The number of nitrogens with two attached hydrogens (primary N) is 1. The third-order valence-electron chi connectivity index (χ3n) is 14.2. The summed E-state index contributed by atoms with van der Waals surface area (Å²) in [7, 11) is 3.07. The zero-order valence-corrected chi connectivity index (χ0v) is 40.9. The Hall–Kier alpha value is -6.96. The number of amides is 6. The molecular weight excluding hydrogens is 938 g/mol. The highest BCUT2D eigenvalue weighted by molar-refractivity contribution is 6.07.